The molecule has 0 bridgehead atoms. The van der Waals surface area contributed by atoms with Crippen LogP contribution in [0.15, 0.2) is 28.7 Å². The molecule has 0 unspecified atom stereocenters. The van der Waals surface area contributed by atoms with E-state index in [-0.39, 0.29) is 11.9 Å². The van der Waals surface area contributed by atoms with Gasteiger partial charge in [0.15, 0.2) is 0 Å². The van der Waals surface area contributed by atoms with Crippen molar-refractivity contribution in [2.75, 3.05) is 6.61 Å². The summed E-state index contributed by atoms with van der Waals surface area (Å²) >= 11 is 3.37. The second-order valence-electron chi connectivity index (χ2n) is 3.41. The van der Waals surface area contributed by atoms with Crippen LogP contribution in [0.25, 0.3) is 0 Å². The van der Waals surface area contributed by atoms with E-state index in [9.17, 15) is 4.79 Å². The van der Waals surface area contributed by atoms with Gasteiger partial charge in [0, 0.05) is 4.47 Å². The number of esters is 1. The highest BCUT2D eigenvalue weighted by molar-refractivity contribution is 9.10. The molecule has 0 radical (unpaired) electrons. The molecule has 1 aliphatic rings. The lowest BCUT2D eigenvalue weighted by Gasteiger charge is -2.21. The minimum Gasteiger partial charge on any atom is -0.465 e. The van der Waals surface area contributed by atoms with E-state index in [1.54, 1.807) is 0 Å². The third-order valence-corrected chi connectivity index (χ3v) is 2.97. The molecule has 3 heteroatoms. The topological polar surface area (TPSA) is 26.3 Å². The van der Waals surface area contributed by atoms with E-state index < -0.39 is 0 Å². The molecule has 1 atom stereocenters. The van der Waals surface area contributed by atoms with Crippen LogP contribution in [0.1, 0.15) is 24.3 Å². The van der Waals surface area contributed by atoms with E-state index in [0.717, 1.165) is 22.9 Å². The summed E-state index contributed by atoms with van der Waals surface area (Å²) in [7, 11) is 0. The largest absolute Gasteiger partial charge is 0.465 e. The number of halogens is 1. The maximum atomic E-state index is 11.4. The molecule has 2 nitrogen and oxygen atoms in total. The van der Waals surface area contributed by atoms with Crippen LogP contribution in [-0.4, -0.2) is 12.6 Å². The smallest absolute Gasteiger partial charge is 0.313 e. The Kier molecular flexibility index (Phi) is 2.87. The van der Waals surface area contributed by atoms with Gasteiger partial charge in [0.2, 0.25) is 0 Å². The predicted octanol–water partition coefficient (Wildman–Crippen LogP) is 2.87. The van der Waals surface area contributed by atoms with Crippen LogP contribution < -0.4 is 0 Å². The Morgan fingerprint density at radius 1 is 1.29 bits per heavy atom. The molecule has 1 heterocycles. The lowest BCUT2D eigenvalue weighted by atomic mass is 9.93. The Bertz CT molecular complexity index is 332. The third kappa shape index (κ3) is 1.98. The molecular weight excluding hydrogens is 244 g/mol. The van der Waals surface area contributed by atoms with Crippen molar-refractivity contribution in [2.45, 2.75) is 18.8 Å². The first-order valence-corrected chi connectivity index (χ1v) is 5.49. The molecule has 1 saturated heterocycles. The number of hydrogen-bond acceptors (Lipinski definition) is 2. The zero-order valence-electron chi connectivity index (χ0n) is 7.70. The summed E-state index contributed by atoms with van der Waals surface area (Å²) in [5.41, 5.74) is 1.05. The Morgan fingerprint density at radius 2 is 2.00 bits per heavy atom. The molecule has 0 N–H and O–H groups in total. The first kappa shape index (κ1) is 9.71. The highest BCUT2D eigenvalue weighted by Crippen LogP contribution is 2.27. The molecule has 0 amide bonds. The Balaban J connectivity index is 2.20. The van der Waals surface area contributed by atoms with Crippen molar-refractivity contribution in [1.29, 1.82) is 0 Å². The highest BCUT2D eigenvalue weighted by atomic mass is 79.9. The molecule has 0 saturated carbocycles. The molecule has 74 valence electrons. The fourth-order valence-corrected chi connectivity index (χ4v) is 1.94. The molecule has 0 aromatic heterocycles. The lowest BCUT2D eigenvalue weighted by Crippen LogP contribution is -2.22. The van der Waals surface area contributed by atoms with Crippen molar-refractivity contribution < 1.29 is 9.53 Å². The van der Waals surface area contributed by atoms with Gasteiger partial charge in [0.05, 0.1) is 12.5 Å². The fraction of sp³-hybridized carbons (Fsp3) is 0.364. The van der Waals surface area contributed by atoms with Gasteiger partial charge in [-0.3, -0.25) is 4.79 Å². The van der Waals surface area contributed by atoms with Crippen molar-refractivity contribution in [1.82, 2.24) is 0 Å². The minimum absolute atomic E-state index is 0.0585. The molecule has 1 fully saturated rings. The van der Waals surface area contributed by atoms with Gasteiger partial charge in [-0.2, -0.15) is 0 Å². The van der Waals surface area contributed by atoms with E-state index in [1.165, 1.54) is 0 Å². The van der Waals surface area contributed by atoms with E-state index in [0.29, 0.717) is 6.61 Å². The van der Waals surface area contributed by atoms with E-state index >= 15 is 0 Å². The van der Waals surface area contributed by atoms with Gasteiger partial charge in [-0.15, -0.1) is 0 Å². The van der Waals surface area contributed by atoms with Crippen LogP contribution in [0.5, 0.6) is 0 Å². The molecule has 14 heavy (non-hydrogen) atoms. The maximum absolute atomic E-state index is 11.4. The highest BCUT2D eigenvalue weighted by Gasteiger charge is 2.25. The van der Waals surface area contributed by atoms with Crippen LogP contribution >= 0.6 is 15.9 Å². The van der Waals surface area contributed by atoms with Crippen LogP contribution in [-0.2, 0) is 9.53 Å². The van der Waals surface area contributed by atoms with Gasteiger partial charge in [-0.1, -0.05) is 28.1 Å². The van der Waals surface area contributed by atoms with Gasteiger partial charge < -0.3 is 4.74 Å². The Hall–Kier alpha value is -0.830. The van der Waals surface area contributed by atoms with E-state index in [1.807, 2.05) is 24.3 Å². The normalized spacial score (nSPS) is 21.8. The number of carbonyl (C=O) groups is 1. The third-order valence-electron chi connectivity index (χ3n) is 2.44. The minimum atomic E-state index is -0.0847. The van der Waals surface area contributed by atoms with Gasteiger partial charge in [-0.05, 0) is 30.5 Å². The monoisotopic (exact) mass is 254 g/mol. The van der Waals surface area contributed by atoms with Crippen LogP contribution in [0, 0.1) is 0 Å². The molecule has 1 aliphatic heterocycles. The fourth-order valence-electron chi connectivity index (χ4n) is 1.68. The SMILES string of the molecule is O=C1OCCC[C@@H]1c1ccc(Br)cc1. The van der Waals surface area contributed by atoms with Gasteiger partial charge in [0.25, 0.3) is 0 Å². The molecule has 2 rings (SSSR count). The van der Waals surface area contributed by atoms with Crippen molar-refractivity contribution >= 4 is 21.9 Å². The summed E-state index contributed by atoms with van der Waals surface area (Å²) < 4.78 is 6.06. The second kappa shape index (κ2) is 4.13. The van der Waals surface area contributed by atoms with Crippen LogP contribution in [0.4, 0.5) is 0 Å². The average Bonchev–Trinajstić information content (AvgIpc) is 2.20. The number of ether oxygens (including phenoxy) is 1. The van der Waals surface area contributed by atoms with E-state index in [2.05, 4.69) is 15.9 Å². The number of benzene rings is 1. The summed E-state index contributed by atoms with van der Waals surface area (Å²) in [6.07, 6.45) is 1.87. The Labute approximate surface area is 91.4 Å². The van der Waals surface area contributed by atoms with Crippen LogP contribution in [0.3, 0.4) is 0 Å². The zero-order chi connectivity index (χ0) is 9.97. The number of cyclic esters (lactones) is 1. The standard InChI is InChI=1S/C11H11BrO2/c12-9-5-3-8(4-6-9)10-2-1-7-14-11(10)13/h3-6,10H,1-2,7H2/t10-/m1/s1. The van der Waals surface area contributed by atoms with Gasteiger partial charge in [-0.25, -0.2) is 0 Å². The van der Waals surface area contributed by atoms with Crippen molar-refractivity contribution in [3.05, 3.63) is 34.3 Å². The summed E-state index contributed by atoms with van der Waals surface area (Å²) in [6.45, 7) is 0.575. The molecule has 0 aliphatic carbocycles. The quantitative estimate of drug-likeness (QED) is 0.721. The first-order chi connectivity index (χ1) is 6.77. The Morgan fingerprint density at radius 3 is 2.64 bits per heavy atom. The first-order valence-electron chi connectivity index (χ1n) is 4.69. The van der Waals surface area contributed by atoms with E-state index in [4.69, 9.17) is 4.74 Å². The number of hydrogen-bond donors (Lipinski definition) is 0. The van der Waals surface area contributed by atoms with Gasteiger partial charge in [0.1, 0.15) is 0 Å². The second-order valence-corrected chi connectivity index (χ2v) is 4.33. The lowest BCUT2D eigenvalue weighted by molar-refractivity contribution is -0.149. The van der Waals surface area contributed by atoms with Crippen molar-refractivity contribution in [2.24, 2.45) is 0 Å². The maximum Gasteiger partial charge on any atom is 0.313 e. The summed E-state index contributed by atoms with van der Waals surface area (Å²) in [5, 5.41) is 0. The zero-order valence-corrected chi connectivity index (χ0v) is 9.29. The number of rotatable bonds is 1. The summed E-state index contributed by atoms with van der Waals surface area (Å²) in [4.78, 5) is 11.4. The van der Waals surface area contributed by atoms with Crippen molar-refractivity contribution in [3.8, 4) is 0 Å². The summed E-state index contributed by atoms with van der Waals surface area (Å²) in [6, 6.07) is 7.86. The van der Waals surface area contributed by atoms with Crippen molar-refractivity contribution in [3.63, 3.8) is 0 Å². The van der Waals surface area contributed by atoms with Gasteiger partial charge >= 0.3 is 5.97 Å². The molecule has 1 aromatic rings. The molecule has 0 spiro atoms. The molecular formula is C11H11BrO2. The summed E-state index contributed by atoms with van der Waals surface area (Å²) in [5.74, 6) is -0.143. The predicted molar refractivity (Wildman–Crippen MR) is 57.1 cm³/mol. The molecule has 1 aromatic carbocycles. The van der Waals surface area contributed by atoms with Crippen LogP contribution in [0.2, 0.25) is 0 Å². The number of carbonyl (C=O) groups excluding carboxylic acids is 1. The average molecular weight is 255 g/mol.